The molecule has 1 N–H and O–H groups in total. The monoisotopic (exact) mass is 547 g/mol. The van der Waals surface area contributed by atoms with Gasteiger partial charge in [-0.15, -0.1) is 0 Å². The fraction of sp³-hybridized carbons (Fsp3) is 0.385. The van der Waals surface area contributed by atoms with E-state index in [1.807, 2.05) is 18.7 Å². The van der Waals surface area contributed by atoms with Crippen LogP contribution in [0.3, 0.4) is 0 Å². The summed E-state index contributed by atoms with van der Waals surface area (Å²) < 4.78 is 62.7. The summed E-state index contributed by atoms with van der Waals surface area (Å²) in [7, 11) is -3.29. The van der Waals surface area contributed by atoms with Gasteiger partial charge in [0.15, 0.2) is 9.84 Å². The standard InChI is InChI=1S/C26H28F3N5O3S/c1-4-38(36,37)21-7-5-17(6-8-21)12-31-24(35)19-11-18-9-10-34(23(16(2)3)22(18)30-13-19)25-32-14-20(15-33-25)26(27,28)29/h5-8,11,13-16,23H,4,9-10,12H2,1-3H3,(H,31,35). The number of halogens is 3. The molecule has 0 bridgehead atoms. The molecule has 38 heavy (non-hydrogen) atoms. The molecule has 0 fully saturated rings. The molecule has 0 spiro atoms. The van der Waals surface area contributed by atoms with E-state index in [1.165, 1.54) is 18.3 Å². The Kier molecular flexibility index (Phi) is 7.73. The maximum absolute atomic E-state index is 12.9. The Bertz CT molecular complexity index is 1410. The van der Waals surface area contributed by atoms with Crippen LogP contribution >= 0.6 is 0 Å². The predicted molar refractivity (Wildman–Crippen MR) is 135 cm³/mol. The van der Waals surface area contributed by atoms with Crippen LogP contribution in [-0.2, 0) is 29.0 Å². The van der Waals surface area contributed by atoms with Crippen LogP contribution < -0.4 is 10.2 Å². The number of alkyl halides is 3. The van der Waals surface area contributed by atoms with Gasteiger partial charge >= 0.3 is 6.18 Å². The van der Waals surface area contributed by atoms with Crippen LogP contribution in [0.5, 0.6) is 0 Å². The number of nitrogens with one attached hydrogen (secondary N) is 1. The first-order valence-corrected chi connectivity index (χ1v) is 13.8. The number of rotatable bonds is 7. The van der Waals surface area contributed by atoms with E-state index < -0.39 is 21.6 Å². The summed E-state index contributed by atoms with van der Waals surface area (Å²) in [5.41, 5.74) is 1.85. The van der Waals surface area contributed by atoms with Gasteiger partial charge in [0.05, 0.1) is 33.5 Å². The molecule has 1 amide bonds. The van der Waals surface area contributed by atoms with E-state index in [0.717, 1.165) is 29.2 Å². The first kappa shape index (κ1) is 27.5. The van der Waals surface area contributed by atoms with E-state index in [0.29, 0.717) is 18.5 Å². The van der Waals surface area contributed by atoms with Crippen molar-refractivity contribution in [3.63, 3.8) is 0 Å². The number of carbonyl (C=O) groups is 1. The van der Waals surface area contributed by atoms with Crippen LogP contribution in [-0.4, -0.2) is 41.6 Å². The normalized spacial score (nSPS) is 15.9. The molecule has 1 aromatic carbocycles. The minimum atomic E-state index is -4.51. The lowest BCUT2D eigenvalue weighted by atomic mass is 9.89. The van der Waals surface area contributed by atoms with Crippen molar-refractivity contribution in [1.29, 1.82) is 0 Å². The number of hydrogen-bond acceptors (Lipinski definition) is 7. The Labute approximate surface area is 219 Å². The Hall–Kier alpha value is -3.54. The van der Waals surface area contributed by atoms with Crippen molar-refractivity contribution in [3.05, 3.63) is 76.9 Å². The molecule has 0 saturated carbocycles. The third-order valence-electron chi connectivity index (χ3n) is 6.47. The van der Waals surface area contributed by atoms with Crippen molar-refractivity contribution in [1.82, 2.24) is 20.3 Å². The number of sulfone groups is 1. The predicted octanol–water partition coefficient (Wildman–Crippen LogP) is 4.37. The van der Waals surface area contributed by atoms with E-state index in [2.05, 4.69) is 20.3 Å². The van der Waals surface area contributed by atoms with Crippen LogP contribution in [0.2, 0.25) is 0 Å². The van der Waals surface area contributed by atoms with Gasteiger partial charge in [0.25, 0.3) is 5.91 Å². The van der Waals surface area contributed by atoms with Gasteiger partial charge < -0.3 is 10.2 Å². The molecule has 1 atom stereocenters. The number of pyridine rings is 1. The smallest absolute Gasteiger partial charge is 0.348 e. The molecule has 0 aliphatic carbocycles. The molecule has 0 radical (unpaired) electrons. The Morgan fingerprint density at radius 2 is 1.76 bits per heavy atom. The second-order valence-corrected chi connectivity index (χ2v) is 11.7. The molecule has 0 saturated heterocycles. The highest BCUT2D eigenvalue weighted by Crippen LogP contribution is 2.37. The summed E-state index contributed by atoms with van der Waals surface area (Å²) >= 11 is 0. The third-order valence-corrected chi connectivity index (χ3v) is 8.22. The average molecular weight is 548 g/mol. The zero-order chi connectivity index (χ0) is 27.7. The second kappa shape index (κ2) is 10.7. The molecule has 3 aromatic rings. The molecule has 4 rings (SSSR count). The highest BCUT2D eigenvalue weighted by atomic mass is 32.2. The number of fused-ring (bicyclic) bond motifs is 1. The van der Waals surface area contributed by atoms with Gasteiger partial charge in [0.2, 0.25) is 5.95 Å². The zero-order valence-electron chi connectivity index (χ0n) is 21.2. The summed E-state index contributed by atoms with van der Waals surface area (Å²) in [6, 6.07) is 7.90. The highest BCUT2D eigenvalue weighted by molar-refractivity contribution is 7.91. The van der Waals surface area contributed by atoms with Crippen LogP contribution in [0, 0.1) is 5.92 Å². The zero-order valence-corrected chi connectivity index (χ0v) is 22.0. The van der Waals surface area contributed by atoms with E-state index in [4.69, 9.17) is 0 Å². The molecule has 1 aliphatic heterocycles. The topological polar surface area (TPSA) is 105 Å². The van der Waals surface area contributed by atoms with Gasteiger partial charge in [-0.05, 0) is 41.7 Å². The molecule has 2 aromatic heterocycles. The summed E-state index contributed by atoms with van der Waals surface area (Å²) in [6.45, 7) is 6.23. The maximum Gasteiger partial charge on any atom is 0.419 e. The lowest BCUT2D eigenvalue weighted by Crippen LogP contribution is -2.40. The fourth-order valence-corrected chi connectivity index (χ4v) is 5.30. The lowest BCUT2D eigenvalue weighted by molar-refractivity contribution is -0.138. The highest BCUT2D eigenvalue weighted by Gasteiger charge is 2.35. The van der Waals surface area contributed by atoms with Crippen LogP contribution in [0.15, 0.2) is 53.8 Å². The summed E-state index contributed by atoms with van der Waals surface area (Å²) in [6.07, 6.45) is -0.942. The Balaban J connectivity index is 1.49. The molecule has 12 heteroatoms. The van der Waals surface area contributed by atoms with Crippen molar-refractivity contribution < 1.29 is 26.4 Å². The fourth-order valence-electron chi connectivity index (χ4n) is 4.42. The number of aromatic nitrogens is 3. The molecule has 1 aliphatic rings. The van der Waals surface area contributed by atoms with Crippen molar-refractivity contribution in [2.45, 2.75) is 50.9 Å². The number of carbonyl (C=O) groups excluding carboxylic acids is 1. The van der Waals surface area contributed by atoms with Gasteiger partial charge in [0, 0.05) is 31.7 Å². The maximum atomic E-state index is 12.9. The van der Waals surface area contributed by atoms with Crippen molar-refractivity contribution >= 4 is 21.7 Å². The van der Waals surface area contributed by atoms with Gasteiger partial charge in [0.1, 0.15) is 0 Å². The van der Waals surface area contributed by atoms with Crippen LogP contribution in [0.1, 0.15) is 59.6 Å². The van der Waals surface area contributed by atoms with Crippen molar-refractivity contribution in [2.24, 2.45) is 5.92 Å². The number of benzene rings is 1. The molecule has 202 valence electrons. The molecule has 1 unspecified atom stereocenters. The van der Waals surface area contributed by atoms with Gasteiger partial charge in [-0.25, -0.2) is 18.4 Å². The largest absolute Gasteiger partial charge is 0.419 e. The minimum absolute atomic E-state index is 0.0151. The van der Waals surface area contributed by atoms with Crippen molar-refractivity contribution in [3.8, 4) is 0 Å². The Morgan fingerprint density at radius 1 is 1.11 bits per heavy atom. The van der Waals surface area contributed by atoms with Gasteiger partial charge in [-0.2, -0.15) is 13.2 Å². The van der Waals surface area contributed by atoms with Crippen LogP contribution in [0.4, 0.5) is 19.1 Å². The average Bonchev–Trinajstić information content (AvgIpc) is 2.90. The van der Waals surface area contributed by atoms with Crippen LogP contribution in [0.25, 0.3) is 0 Å². The van der Waals surface area contributed by atoms with Gasteiger partial charge in [-0.3, -0.25) is 9.78 Å². The van der Waals surface area contributed by atoms with Gasteiger partial charge in [-0.1, -0.05) is 32.9 Å². The molecular weight excluding hydrogens is 519 g/mol. The number of anilines is 1. The van der Waals surface area contributed by atoms with Crippen molar-refractivity contribution in [2.75, 3.05) is 17.2 Å². The van der Waals surface area contributed by atoms with E-state index in [1.54, 1.807) is 25.1 Å². The molecule has 3 heterocycles. The first-order valence-electron chi connectivity index (χ1n) is 12.1. The minimum Gasteiger partial charge on any atom is -0.348 e. The quantitative estimate of drug-likeness (QED) is 0.468. The summed E-state index contributed by atoms with van der Waals surface area (Å²) in [5, 5.41) is 2.83. The van der Waals surface area contributed by atoms with E-state index >= 15 is 0 Å². The number of hydrogen-bond donors (Lipinski definition) is 1. The SMILES string of the molecule is CCS(=O)(=O)c1ccc(CNC(=O)c2cnc3c(c2)CCN(c2ncc(C(F)(F)F)cn2)C3C(C)C)cc1. The Morgan fingerprint density at radius 3 is 2.34 bits per heavy atom. The van der Waals surface area contributed by atoms with E-state index in [-0.39, 0.29) is 41.0 Å². The number of amides is 1. The molecule has 8 nitrogen and oxygen atoms in total. The van der Waals surface area contributed by atoms with E-state index in [9.17, 15) is 26.4 Å². The lowest BCUT2D eigenvalue weighted by Gasteiger charge is -2.39. The third kappa shape index (κ3) is 5.79. The summed E-state index contributed by atoms with van der Waals surface area (Å²) in [4.78, 5) is 27.4. The second-order valence-electron chi connectivity index (χ2n) is 9.40. The first-order chi connectivity index (χ1) is 17.9. The molecular formula is C26H28F3N5O3S. The number of nitrogens with zero attached hydrogens (tertiary/aromatic N) is 4. The summed E-state index contributed by atoms with van der Waals surface area (Å²) in [5.74, 6) is -0.0585.